The van der Waals surface area contributed by atoms with Gasteiger partial charge in [0.2, 0.25) is 0 Å². The average molecular weight is 235 g/mol. The number of carboxylic acid groups (broad SMARTS) is 1. The summed E-state index contributed by atoms with van der Waals surface area (Å²) in [5, 5.41) is 10.7. The third-order valence-electron chi connectivity index (χ3n) is 1.64. The summed E-state index contributed by atoms with van der Waals surface area (Å²) in [6.07, 6.45) is 2.50. The fraction of sp³-hybridized carbons (Fsp3) is 0.556. The highest BCUT2D eigenvalue weighted by molar-refractivity contribution is 6.30. The zero-order valence-corrected chi connectivity index (χ0v) is 9.25. The van der Waals surface area contributed by atoms with E-state index in [1.807, 2.05) is 6.92 Å². The summed E-state index contributed by atoms with van der Waals surface area (Å²) >= 11 is 5.57. The topological polar surface area (TPSA) is 92.4 Å². The largest absolute Gasteiger partial charge is 0.480 e. The fourth-order valence-electron chi connectivity index (χ4n) is 0.896. The van der Waals surface area contributed by atoms with Gasteiger partial charge in [0.05, 0.1) is 6.04 Å². The molecular formula is C9H15ClN2O3. The highest BCUT2D eigenvalue weighted by Crippen LogP contribution is 2.01. The number of carbonyl (C=O) groups is 2. The molecule has 0 aliphatic carbocycles. The minimum Gasteiger partial charge on any atom is -0.480 e. The van der Waals surface area contributed by atoms with Gasteiger partial charge in [-0.05, 0) is 6.42 Å². The van der Waals surface area contributed by atoms with Crippen LogP contribution in [-0.2, 0) is 9.59 Å². The van der Waals surface area contributed by atoms with E-state index in [9.17, 15) is 9.59 Å². The number of nitrogens with one attached hydrogen (secondary N) is 1. The first-order chi connectivity index (χ1) is 6.97. The Morgan fingerprint density at radius 3 is 2.67 bits per heavy atom. The fourth-order valence-corrected chi connectivity index (χ4v) is 1.07. The van der Waals surface area contributed by atoms with Crippen molar-refractivity contribution in [2.24, 2.45) is 5.73 Å². The summed E-state index contributed by atoms with van der Waals surface area (Å²) in [6.45, 7) is 1.59. The van der Waals surface area contributed by atoms with E-state index in [-0.39, 0.29) is 17.5 Å². The van der Waals surface area contributed by atoms with Crippen LogP contribution in [0.15, 0.2) is 11.2 Å². The molecule has 0 heterocycles. The molecular weight excluding hydrogens is 220 g/mol. The molecule has 0 fully saturated rings. The minimum atomic E-state index is -1.05. The van der Waals surface area contributed by atoms with Crippen molar-refractivity contribution in [1.29, 1.82) is 0 Å². The maximum Gasteiger partial charge on any atom is 0.322 e. The summed E-state index contributed by atoms with van der Waals surface area (Å²) in [7, 11) is 0. The SMILES string of the molecule is CCCC(N)C(=O)/C=C(\Cl)NCC(=O)O. The van der Waals surface area contributed by atoms with Crippen molar-refractivity contribution in [3.63, 3.8) is 0 Å². The number of carboxylic acids is 1. The number of halogens is 1. The number of aliphatic carboxylic acids is 1. The summed E-state index contributed by atoms with van der Waals surface area (Å²) < 4.78 is 0. The van der Waals surface area contributed by atoms with Crippen molar-refractivity contribution in [3.8, 4) is 0 Å². The average Bonchev–Trinajstić information content (AvgIpc) is 2.15. The first kappa shape index (κ1) is 13.9. The number of ketones is 1. The van der Waals surface area contributed by atoms with Gasteiger partial charge in [0.1, 0.15) is 11.7 Å². The molecule has 0 bridgehead atoms. The molecule has 0 aliphatic rings. The van der Waals surface area contributed by atoms with E-state index in [1.54, 1.807) is 0 Å². The Bertz CT molecular complexity index is 266. The Kier molecular flexibility index (Phi) is 6.73. The summed E-state index contributed by atoms with van der Waals surface area (Å²) in [5.74, 6) is -1.36. The lowest BCUT2D eigenvalue weighted by molar-refractivity contribution is -0.135. The van der Waals surface area contributed by atoms with Gasteiger partial charge in [-0.15, -0.1) is 0 Å². The molecule has 15 heavy (non-hydrogen) atoms. The maximum atomic E-state index is 11.3. The van der Waals surface area contributed by atoms with Crippen LogP contribution in [0.25, 0.3) is 0 Å². The Balaban J connectivity index is 4.10. The molecule has 0 radical (unpaired) electrons. The molecule has 1 unspecified atom stereocenters. The van der Waals surface area contributed by atoms with Crippen molar-refractivity contribution in [3.05, 3.63) is 11.2 Å². The van der Waals surface area contributed by atoms with E-state index >= 15 is 0 Å². The van der Waals surface area contributed by atoms with Crippen molar-refractivity contribution >= 4 is 23.4 Å². The Morgan fingerprint density at radius 2 is 2.20 bits per heavy atom. The second kappa shape index (κ2) is 7.25. The maximum absolute atomic E-state index is 11.3. The van der Waals surface area contributed by atoms with Gasteiger partial charge in [0.25, 0.3) is 0 Å². The van der Waals surface area contributed by atoms with Gasteiger partial charge in [-0.3, -0.25) is 9.59 Å². The first-order valence-corrected chi connectivity index (χ1v) is 4.97. The van der Waals surface area contributed by atoms with E-state index in [1.165, 1.54) is 0 Å². The van der Waals surface area contributed by atoms with Gasteiger partial charge in [-0.25, -0.2) is 0 Å². The van der Waals surface area contributed by atoms with E-state index in [2.05, 4.69) is 5.32 Å². The molecule has 4 N–H and O–H groups in total. The lowest BCUT2D eigenvalue weighted by Crippen LogP contribution is -2.30. The molecule has 0 aromatic rings. The standard InChI is InChI=1S/C9H15ClN2O3/c1-2-3-6(11)7(13)4-8(10)12-5-9(14)15/h4,6,12H,2-3,5,11H2,1H3,(H,14,15)/b8-4+. The van der Waals surface area contributed by atoms with Crippen LogP contribution in [-0.4, -0.2) is 29.4 Å². The summed E-state index contributed by atoms with van der Waals surface area (Å²) in [6, 6.07) is -0.574. The van der Waals surface area contributed by atoms with Crippen LogP contribution in [0.5, 0.6) is 0 Å². The number of nitrogens with two attached hydrogens (primary N) is 1. The van der Waals surface area contributed by atoms with Crippen LogP contribution in [0, 0.1) is 0 Å². The Labute approximate surface area is 93.3 Å². The second-order valence-electron chi connectivity index (χ2n) is 3.04. The van der Waals surface area contributed by atoms with Crippen molar-refractivity contribution < 1.29 is 14.7 Å². The van der Waals surface area contributed by atoms with Crippen molar-refractivity contribution in [1.82, 2.24) is 5.32 Å². The van der Waals surface area contributed by atoms with Crippen LogP contribution in [0.4, 0.5) is 0 Å². The molecule has 86 valence electrons. The number of carbonyl (C=O) groups excluding carboxylic acids is 1. The highest BCUT2D eigenvalue weighted by Gasteiger charge is 2.10. The molecule has 0 saturated carbocycles. The van der Waals surface area contributed by atoms with E-state index in [0.717, 1.165) is 12.5 Å². The van der Waals surface area contributed by atoms with Gasteiger partial charge in [-0.2, -0.15) is 0 Å². The number of hydrogen-bond donors (Lipinski definition) is 3. The molecule has 0 aromatic heterocycles. The van der Waals surface area contributed by atoms with Crippen molar-refractivity contribution in [2.45, 2.75) is 25.8 Å². The van der Waals surface area contributed by atoms with Gasteiger partial charge in [0.15, 0.2) is 5.78 Å². The Morgan fingerprint density at radius 1 is 1.60 bits per heavy atom. The molecule has 6 heteroatoms. The normalized spacial score (nSPS) is 13.4. The number of rotatable bonds is 7. The van der Waals surface area contributed by atoms with Gasteiger partial charge >= 0.3 is 5.97 Å². The van der Waals surface area contributed by atoms with Crippen LogP contribution >= 0.6 is 11.6 Å². The third kappa shape index (κ3) is 6.93. The summed E-state index contributed by atoms with van der Waals surface area (Å²) in [5.41, 5.74) is 5.54. The van der Waals surface area contributed by atoms with E-state index in [0.29, 0.717) is 6.42 Å². The molecule has 1 atom stereocenters. The lowest BCUT2D eigenvalue weighted by atomic mass is 10.1. The zero-order chi connectivity index (χ0) is 11.8. The monoisotopic (exact) mass is 234 g/mol. The van der Waals surface area contributed by atoms with E-state index < -0.39 is 12.0 Å². The quantitative estimate of drug-likeness (QED) is 0.439. The van der Waals surface area contributed by atoms with Crippen LogP contribution in [0.2, 0.25) is 0 Å². The zero-order valence-electron chi connectivity index (χ0n) is 8.50. The third-order valence-corrected chi connectivity index (χ3v) is 1.89. The predicted molar refractivity (Wildman–Crippen MR) is 57.5 cm³/mol. The molecule has 0 rings (SSSR count). The van der Waals surface area contributed by atoms with E-state index in [4.69, 9.17) is 22.4 Å². The van der Waals surface area contributed by atoms with Crippen LogP contribution < -0.4 is 11.1 Å². The van der Waals surface area contributed by atoms with Crippen molar-refractivity contribution in [2.75, 3.05) is 6.54 Å². The molecule has 0 aliphatic heterocycles. The molecule has 0 spiro atoms. The summed E-state index contributed by atoms with van der Waals surface area (Å²) in [4.78, 5) is 21.5. The predicted octanol–water partition coefficient (Wildman–Crippen LogP) is 0.437. The Hall–Kier alpha value is -1.07. The highest BCUT2D eigenvalue weighted by atomic mass is 35.5. The number of hydrogen-bond acceptors (Lipinski definition) is 4. The lowest BCUT2D eigenvalue weighted by Gasteiger charge is -2.06. The van der Waals surface area contributed by atoms with Gasteiger partial charge in [0, 0.05) is 6.08 Å². The van der Waals surface area contributed by atoms with Gasteiger partial charge < -0.3 is 16.2 Å². The minimum absolute atomic E-state index is 0.00560. The second-order valence-corrected chi connectivity index (χ2v) is 3.44. The molecule has 5 nitrogen and oxygen atoms in total. The van der Waals surface area contributed by atoms with Crippen LogP contribution in [0.1, 0.15) is 19.8 Å². The molecule has 0 saturated heterocycles. The van der Waals surface area contributed by atoms with Gasteiger partial charge in [-0.1, -0.05) is 24.9 Å². The molecule has 0 amide bonds. The first-order valence-electron chi connectivity index (χ1n) is 4.59. The van der Waals surface area contributed by atoms with Crippen LogP contribution in [0.3, 0.4) is 0 Å². The molecule has 0 aromatic carbocycles. The smallest absolute Gasteiger partial charge is 0.322 e.